The van der Waals surface area contributed by atoms with Gasteiger partial charge in [-0.25, -0.2) is 4.98 Å². The van der Waals surface area contributed by atoms with Crippen LogP contribution < -0.4 is 5.73 Å². The number of primary amides is 1. The van der Waals surface area contributed by atoms with Gasteiger partial charge < -0.3 is 5.73 Å². The first-order valence-corrected chi connectivity index (χ1v) is 7.00. The molecule has 0 spiro atoms. The van der Waals surface area contributed by atoms with E-state index in [0.29, 0.717) is 11.2 Å². The van der Waals surface area contributed by atoms with Crippen molar-refractivity contribution in [2.75, 3.05) is 6.54 Å². The largest absolute Gasteiger partial charge is 0.369 e. The summed E-state index contributed by atoms with van der Waals surface area (Å²) in [5.41, 5.74) is 7.52. The number of hydrogen-bond acceptors (Lipinski definition) is 3. The van der Waals surface area contributed by atoms with Crippen LogP contribution in [0.4, 0.5) is 0 Å². The van der Waals surface area contributed by atoms with Crippen LogP contribution in [0.1, 0.15) is 31.0 Å². The highest BCUT2D eigenvalue weighted by Gasteiger charge is 2.28. The van der Waals surface area contributed by atoms with E-state index in [9.17, 15) is 4.79 Å². The minimum Gasteiger partial charge on any atom is -0.369 e. The van der Waals surface area contributed by atoms with Gasteiger partial charge in [0, 0.05) is 24.8 Å². The molecule has 2 atom stereocenters. The van der Waals surface area contributed by atoms with Gasteiger partial charge in [0.2, 0.25) is 5.91 Å². The van der Waals surface area contributed by atoms with Gasteiger partial charge in [0.15, 0.2) is 0 Å². The highest BCUT2D eigenvalue weighted by Crippen LogP contribution is 2.24. The molecule has 0 aliphatic carbocycles. The summed E-state index contributed by atoms with van der Waals surface area (Å²) in [6.07, 6.45) is 1.90. The molecule has 2 N–H and O–H groups in total. The number of amides is 1. The van der Waals surface area contributed by atoms with Crippen molar-refractivity contribution in [1.82, 2.24) is 9.88 Å². The molecule has 0 aromatic carbocycles. The van der Waals surface area contributed by atoms with E-state index in [4.69, 9.17) is 17.3 Å². The lowest BCUT2D eigenvalue weighted by Crippen LogP contribution is -2.45. The zero-order valence-corrected chi connectivity index (χ0v) is 12.2. The van der Waals surface area contributed by atoms with Crippen molar-refractivity contribution in [2.45, 2.75) is 39.3 Å². The maximum atomic E-state index is 11.3. The molecule has 5 heteroatoms. The van der Waals surface area contributed by atoms with Gasteiger partial charge >= 0.3 is 0 Å². The number of rotatable bonds is 3. The molecule has 0 unspecified atom stereocenters. The fourth-order valence-corrected chi connectivity index (χ4v) is 2.77. The molecule has 1 aliphatic rings. The van der Waals surface area contributed by atoms with E-state index in [-0.39, 0.29) is 11.8 Å². The number of halogens is 1. The first-order chi connectivity index (χ1) is 8.97. The van der Waals surface area contributed by atoms with E-state index in [2.05, 4.69) is 16.8 Å². The standard InChI is InChI=1S/C14H20ClN3O/c1-9-3-4-12(14(16)19)8-18(9)7-11-5-6-13(15)17-10(11)2/h5-6,9,12H,3-4,7-8H2,1-2H3,(H2,16,19)/t9-,12-/m1/s1. The predicted molar refractivity (Wildman–Crippen MR) is 75.8 cm³/mol. The second kappa shape index (κ2) is 5.88. The van der Waals surface area contributed by atoms with Crippen LogP contribution in [-0.4, -0.2) is 28.4 Å². The molecule has 19 heavy (non-hydrogen) atoms. The number of carbonyl (C=O) groups is 1. The van der Waals surface area contributed by atoms with Crippen LogP contribution in [0.25, 0.3) is 0 Å². The molecule has 0 radical (unpaired) electrons. The number of aromatic nitrogens is 1. The van der Waals surface area contributed by atoms with Gasteiger partial charge in [-0.3, -0.25) is 9.69 Å². The highest BCUT2D eigenvalue weighted by molar-refractivity contribution is 6.29. The smallest absolute Gasteiger partial charge is 0.221 e. The first-order valence-electron chi connectivity index (χ1n) is 6.62. The monoisotopic (exact) mass is 281 g/mol. The Balaban J connectivity index is 2.09. The van der Waals surface area contributed by atoms with Gasteiger partial charge in [-0.2, -0.15) is 0 Å². The number of nitrogens with two attached hydrogens (primary N) is 1. The lowest BCUT2D eigenvalue weighted by Gasteiger charge is -2.37. The number of pyridine rings is 1. The van der Waals surface area contributed by atoms with Gasteiger partial charge in [0.25, 0.3) is 0 Å². The van der Waals surface area contributed by atoms with E-state index < -0.39 is 0 Å². The number of likely N-dealkylation sites (tertiary alicyclic amines) is 1. The summed E-state index contributed by atoms with van der Waals surface area (Å²) in [5.74, 6) is -0.223. The molecule has 1 amide bonds. The normalized spacial score (nSPS) is 24.4. The molecule has 1 fully saturated rings. The Morgan fingerprint density at radius 2 is 2.26 bits per heavy atom. The number of aryl methyl sites for hydroxylation is 1. The van der Waals surface area contributed by atoms with Crippen LogP contribution in [-0.2, 0) is 11.3 Å². The van der Waals surface area contributed by atoms with Crippen molar-refractivity contribution < 1.29 is 4.79 Å². The maximum Gasteiger partial charge on any atom is 0.221 e. The van der Waals surface area contributed by atoms with Gasteiger partial charge in [-0.15, -0.1) is 0 Å². The summed E-state index contributed by atoms with van der Waals surface area (Å²) >= 11 is 5.87. The fourth-order valence-electron chi connectivity index (χ4n) is 2.58. The second-order valence-corrected chi connectivity index (χ2v) is 5.72. The van der Waals surface area contributed by atoms with Crippen LogP contribution in [0.5, 0.6) is 0 Å². The molecular formula is C14H20ClN3O. The number of carbonyl (C=O) groups excluding carboxylic acids is 1. The molecule has 0 bridgehead atoms. The Labute approximate surface area is 118 Å². The van der Waals surface area contributed by atoms with Crippen molar-refractivity contribution in [1.29, 1.82) is 0 Å². The topological polar surface area (TPSA) is 59.2 Å². The average molecular weight is 282 g/mol. The zero-order chi connectivity index (χ0) is 14.0. The zero-order valence-electron chi connectivity index (χ0n) is 11.4. The van der Waals surface area contributed by atoms with Crippen LogP contribution in [0, 0.1) is 12.8 Å². The summed E-state index contributed by atoms with van der Waals surface area (Å²) in [6.45, 7) is 5.68. The summed E-state index contributed by atoms with van der Waals surface area (Å²) < 4.78 is 0. The highest BCUT2D eigenvalue weighted by atomic mass is 35.5. The minimum atomic E-state index is -0.192. The molecule has 1 saturated heterocycles. The van der Waals surface area contributed by atoms with E-state index in [1.807, 2.05) is 19.1 Å². The number of hydrogen-bond donors (Lipinski definition) is 1. The van der Waals surface area contributed by atoms with Gasteiger partial charge in [0.1, 0.15) is 5.15 Å². The third-order valence-corrected chi connectivity index (χ3v) is 4.16. The molecule has 0 saturated carbocycles. The van der Waals surface area contributed by atoms with Crippen LogP contribution >= 0.6 is 11.6 Å². The van der Waals surface area contributed by atoms with Crippen LogP contribution in [0.2, 0.25) is 5.15 Å². The van der Waals surface area contributed by atoms with Crippen molar-refractivity contribution >= 4 is 17.5 Å². The van der Waals surface area contributed by atoms with Gasteiger partial charge in [-0.05, 0) is 38.3 Å². The average Bonchev–Trinajstić information content (AvgIpc) is 2.34. The van der Waals surface area contributed by atoms with E-state index in [1.165, 1.54) is 0 Å². The fraction of sp³-hybridized carbons (Fsp3) is 0.571. The molecule has 1 aromatic heterocycles. The third-order valence-electron chi connectivity index (χ3n) is 3.95. The molecular weight excluding hydrogens is 262 g/mol. The summed E-state index contributed by atoms with van der Waals surface area (Å²) in [5, 5.41) is 0.517. The second-order valence-electron chi connectivity index (χ2n) is 5.33. The van der Waals surface area contributed by atoms with E-state index >= 15 is 0 Å². The van der Waals surface area contributed by atoms with Gasteiger partial charge in [0.05, 0.1) is 5.92 Å². The molecule has 4 nitrogen and oxygen atoms in total. The van der Waals surface area contributed by atoms with Crippen LogP contribution in [0.3, 0.4) is 0 Å². The number of piperidine rings is 1. The van der Waals surface area contributed by atoms with E-state index in [1.54, 1.807) is 0 Å². The quantitative estimate of drug-likeness (QED) is 0.864. The lowest BCUT2D eigenvalue weighted by atomic mass is 9.92. The Hall–Kier alpha value is -1.13. The molecule has 2 heterocycles. The Morgan fingerprint density at radius 1 is 1.53 bits per heavy atom. The molecule has 2 rings (SSSR count). The third kappa shape index (κ3) is 3.45. The summed E-state index contributed by atoms with van der Waals surface area (Å²) in [6, 6.07) is 4.28. The lowest BCUT2D eigenvalue weighted by molar-refractivity contribution is -0.124. The van der Waals surface area contributed by atoms with Crippen molar-refractivity contribution in [3.05, 3.63) is 28.5 Å². The first kappa shape index (κ1) is 14.3. The van der Waals surface area contributed by atoms with Crippen molar-refractivity contribution in [3.63, 3.8) is 0 Å². The Bertz CT molecular complexity index is 478. The minimum absolute atomic E-state index is 0.0308. The summed E-state index contributed by atoms with van der Waals surface area (Å²) in [4.78, 5) is 17.9. The number of nitrogens with zero attached hydrogens (tertiary/aromatic N) is 2. The SMILES string of the molecule is Cc1nc(Cl)ccc1CN1C[C@H](C(N)=O)CC[C@H]1C. The summed E-state index contributed by atoms with van der Waals surface area (Å²) in [7, 11) is 0. The Morgan fingerprint density at radius 3 is 2.89 bits per heavy atom. The van der Waals surface area contributed by atoms with Crippen molar-refractivity contribution in [3.8, 4) is 0 Å². The van der Waals surface area contributed by atoms with E-state index in [0.717, 1.165) is 37.2 Å². The van der Waals surface area contributed by atoms with Crippen molar-refractivity contribution in [2.24, 2.45) is 11.7 Å². The maximum absolute atomic E-state index is 11.3. The Kier molecular flexibility index (Phi) is 4.42. The predicted octanol–water partition coefficient (Wildman–Crippen LogP) is 2.13. The molecule has 1 aromatic rings. The molecule has 104 valence electrons. The molecule has 1 aliphatic heterocycles. The van der Waals surface area contributed by atoms with Crippen LogP contribution in [0.15, 0.2) is 12.1 Å². The van der Waals surface area contributed by atoms with Gasteiger partial charge in [-0.1, -0.05) is 17.7 Å².